The highest BCUT2D eigenvalue weighted by molar-refractivity contribution is 5.86. The SMILES string of the molecule is CNn1cccc(C(=O)O)c1=O. The third-order valence-corrected chi connectivity index (χ3v) is 1.42. The second-order valence-corrected chi connectivity index (χ2v) is 2.13. The van der Waals surface area contributed by atoms with Gasteiger partial charge in [0.1, 0.15) is 5.56 Å². The fourth-order valence-corrected chi connectivity index (χ4v) is 0.833. The van der Waals surface area contributed by atoms with Crippen LogP contribution in [0.15, 0.2) is 23.1 Å². The number of aromatic carboxylic acids is 1. The molecule has 0 aliphatic rings. The van der Waals surface area contributed by atoms with Crippen LogP contribution in [0.2, 0.25) is 0 Å². The van der Waals surface area contributed by atoms with Crippen LogP contribution in [0.5, 0.6) is 0 Å². The predicted octanol–water partition coefficient (Wildman–Crippen LogP) is -0.280. The number of hydrogen-bond donors (Lipinski definition) is 2. The van der Waals surface area contributed by atoms with Crippen molar-refractivity contribution in [3.05, 3.63) is 34.2 Å². The van der Waals surface area contributed by atoms with Crippen molar-refractivity contribution in [3.63, 3.8) is 0 Å². The molecule has 0 bridgehead atoms. The van der Waals surface area contributed by atoms with Crippen LogP contribution in [0.3, 0.4) is 0 Å². The molecule has 0 fully saturated rings. The lowest BCUT2D eigenvalue weighted by Crippen LogP contribution is -2.30. The Morgan fingerprint density at radius 1 is 1.67 bits per heavy atom. The minimum atomic E-state index is -1.22. The van der Waals surface area contributed by atoms with Gasteiger partial charge in [0.2, 0.25) is 0 Å². The molecular weight excluding hydrogens is 160 g/mol. The molecule has 0 saturated heterocycles. The summed E-state index contributed by atoms with van der Waals surface area (Å²) < 4.78 is 1.10. The molecule has 0 amide bonds. The number of nitrogens with zero attached hydrogens (tertiary/aromatic N) is 1. The van der Waals surface area contributed by atoms with Crippen LogP contribution in [0.1, 0.15) is 10.4 Å². The smallest absolute Gasteiger partial charge is 0.341 e. The summed E-state index contributed by atoms with van der Waals surface area (Å²) in [4.78, 5) is 21.6. The Bertz CT molecular complexity index is 356. The summed E-state index contributed by atoms with van der Waals surface area (Å²) in [7, 11) is 1.53. The summed E-state index contributed by atoms with van der Waals surface area (Å²) in [5.41, 5.74) is 1.73. The molecule has 0 saturated carbocycles. The van der Waals surface area contributed by atoms with Crippen molar-refractivity contribution in [1.82, 2.24) is 4.68 Å². The van der Waals surface area contributed by atoms with E-state index in [9.17, 15) is 9.59 Å². The Balaban J connectivity index is 3.33. The maximum Gasteiger partial charge on any atom is 0.341 e. The first-order valence-corrected chi connectivity index (χ1v) is 3.29. The lowest BCUT2D eigenvalue weighted by molar-refractivity contribution is 0.0694. The monoisotopic (exact) mass is 168 g/mol. The summed E-state index contributed by atoms with van der Waals surface area (Å²) in [5, 5.41) is 8.54. The summed E-state index contributed by atoms with van der Waals surface area (Å²) in [6.07, 6.45) is 1.45. The summed E-state index contributed by atoms with van der Waals surface area (Å²) >= 11 is 0. The second-order valence-electron chi connectivity index (χ2n) is 2.13. The molecule has 0 aliphatic heterocycles. The van der Waals surface area contributed by atoms with E-state index in [-0.39, 0.29) is 5.56 Å². The zero-order valence-corrected chi connectivity index (χ0v) is 6.44. The third-order valence-electron chi connectivity index (χ3n) is 1.42. The van der Waals surface area contributed by atoms with Gasteiger partial charge < -0.3 is 10.5 Å². The molecule has 0 radical (unpaired) electrons. The Kier molecular flexibility index (Phi) is 2.14. The van der Waals surface area contributed by atoms with E-state index in [1.54, 1.807) is 0 Å². The van der Waals surface area contributed by atoms with Gasteiger partial charge in [-0.05, 0) is 12.1 Å². The van der Waals surface area contributed by atoms with E-state index in [2.05, 4.69) is 5.43 Å². The van der Waals surface area contributed by atoms with Crippen molar-refractivity contribution in [2.24, 2.45) is 0 Å². The van der Waals surface area contributed by atoms with Crippen LogP contribution in [-0.2, 0) is 0 Å². The lowest BCUT2D eigenvalue weighted by atomic mass is 10.3. The number of hydrogen-bond acceptors (Lipinski definition) is 3. The Hall–Kier alpha value is -1.78. The number of nitrogens with one attached hydrogen (secondary N) is 1. The Morgan fingerprint density at radius 3 is 2.83 bits per heavy atom. The van der Waals surface area contributed by atoms with Crippen molar-refractivity contribution in [3.8, 4) is 0 Å². The largest absolute Gasteiger partial charge is 0.477 e. The van der Waals surface area contributed by atoms with Gasteiger partial charge in [-0.1, -0.05) is 0 Å². The van der Waals surface area contributed by atoms with Crippen molar-refractivity contribution < 1.29 is 9.90 Å². The summed E-state index contributed by atoms with van der Waals surface area (Å²) in [6.45, 7) is 0. The van der Waals surface area contributed by atoms with E-state index >= 15 is 0 Å². The highest BCUT2D eigenvalue weighted by Crippen LogP contribution is 1.89. The quantitative estimate of drug-likeness (QED) is 0.637. The lowest BCUT2D eigenvalue weighted by Gasteiger charge is -2.03. The van der Waals surface area contributed by atoms with Crippen molar-refractivity contribution in [1.29, 1.82) is 0 Å². The van der Waals surface area contributed by atoms with Gasteiger partial charge in [0.05, 0.1) is 0 Å². The first-order chi connectivity index (χ1) is 5.66. The second kappa shape index (κ2) is 3.08. The number of carbonyl (C=O) groups is 1. The fourth-order valence-electron chi connectivity index (χ4n) is 0.833. The maximum absolute atomic E-state index is 11.2. The number of carboxylic acid groups (broad SMARTS) is 1. The molecule has 1 aromatic heterocycles. The minimum Gasteiger partial charge on any atom is -0.477 e. The van der Waals surface area contributed by atoms with Crippen LogP contribution >= 0.6 is 0 Å². The van der Waals surface area contributed by atoms with Gasteiger partial charge >= 0.3 is 5.97 Å². The molecular formula is C7H8N2O3. The molecule has 64 valence electrons. The standard InChI is InChI=1S/C7H8N2O3/c1-8-9-4-2-3-5(6(9)10)7(11)12/h2-4,8H,1H3,(H,11,12). The number of rotatable bonds is 2. The fraction of sp³-hybridized carbons (Fsp3) is 0.143. The van der Waals surface area contributed by atoms with Gasteiger partial charge in [-0.3, -0.25) is 4.79 Å². The van der Waals surface area contributed by atoms with Crippen LogP contribution in [-0.4, -0.2) is 22.8 Å². The molecule has 5 heteroatoms. The van der Waals surface area contributed by atoms with E-state index < -0.39 is 11.5 Å². The Labute approximate surface area is 68.2 Å². The van der Waals surface area contributed by atoms with E-state index in [4.69, 9.17) is 5.11 Å². The van der Waals surface area contributed by atoms with Crippen molar-refractivity contribution >= 4 is 5.97 Å². The molecule has 0 atom stereocenters. The van der Waals surface area contributed by atoms with Crippen LogP contribution in [0.25, 0.3) is 0 Å². The number of carboxylic acids is 1. The van der Waals surface area contributed by atoms with Crippen molar-refractivity contribution in [2.45, 2.75) is 0 Å². The van der Waals surface area contributed by atoms with Gasteiger partial charge in [-0.25, -0.2) is 9.47 Å². The van der Waals surface area contributed by atoms with E-state index in [1.165, 1.54) is 25.4 Å². The third kappa shape index (κ3) is 1.29. The van der Waals surface area contributed by atoms with Crippen LogP contribution < -0.4 is 11.0 Å². The highest BCUT2D eigenvalue weighted by Gasteiger charge is 2.08. The van der Waals surface area contributed by atoms with Crippen molar-refractivity contribution in [2.75, 3.05) is 12.5 Å². The Morgan fingerprint density at radius 2 is 2.33 bits per heavy atom. The van der Waals surface area contributed by atoms with E-state index in [0.29, 0.717) is 0 Å². The van der Waals surface area contributed by atoms with Gasteiger partial charge in [0.25, 0.3) is 5.56 Å². The molecule has 0 aliphatic carbocycles. The average molecular weight is 168 g/mol. The number of aromatic nitrogens is 1. The van der Waals surface area contributed by atoms with E-state index in [0.717, 1.165) is 4.68 Å². The zero-order valence-electron chi connectivity index (χ0n) is 6.44. The zero-order chi connectivity index (χ0) is 9.14. The van der Waals surface area contributed by atoms with Gasteiger partial charge in [-0.15, -0.1) is 0 Å². The van der Waals surface area contributed by atoms with Gasteiger partial charge in [0, 0.05) is 13.2 Å². The molecule has 1 heterocycles. The highest BCUT2D eigenvalue weighted by atomic mass is 16.4. The molecule has 0 aromatic carbocycles. The molecule has 0 unspecified atom stereocenters. The molecule has 1 aromatic rings. The van der Waals surface area contributed by atoms with Crippen LogP contribution in [0.4, 0.5) is 0 Å². The molecule has 1 rings (SSSR count). The molecule has 0 spiro atoms. The molecule has 12 heavy (non-hydrogen) atoms. The topological polar surface area (TPSA) is 71.3 Å². The normalized spacial score (nSPS) is 9.42. The predicted molar refractivity (Wildman–Crippen MR) is 42.9 cm³/mol. The summed E-state index contributed by atoms with van der Waals surface area (Å²) in [6, 6.07) is 2.75. The first kappa shape index (κ1) is 8.32. The summed E-state index contributed by atoms with van der Waals surface area (Å²) in [5.74, 6) is -1.22. The molecule has 2 N–H and O–H groups in total. The van der Waals surface area contributed by atoms with Gasteiger partial charge in [-0.2, -0.15) is 0 Å². The van der Waals surface area contributed by atoms with Gasteiger partial charge in [0.15, 0.2) is 0 Å². The average Bonchev–Trinajstić information content (AvgIpc) is 2.04. The van der Waals surface area contributed by atoms with Crippen LogP contribution in [0, 0.1) is 0 Å². The number of pyridine rings is 1. The first-order valence-electron chi connectivity index (χ1n) is 3.29. The van der Waals surface area contributed by atoms with E-state index in [1.807, 2.05) is 0 Å². The molecule has 5 nitrogen and oxygen atoms in total. The minimum absolute atomic E-state index is 0.244. The maximum atomic E-state index is 11.2.